The van der Waals surface area contributed by atoms with Crippen LogP contribution in [0.25, 0.3) is 22.2 Å². The molecule has 2 heterocycles. The van der Waals surface area contributed by atoms with E-state index in [4.69, 9.17) is 21.5 Å². The molecule has 1 unspecified atom stereocenters. The summed E-state index contributed by atoms with van der Waals surface area (Å²) in [6.07, 6.45) is 3.51. The van der Waals surface area contributed by atoms with E-state index in [-0.39, 0.29) is 30.8 Å². The van der Waals surface area contributed by atoms with E-state index in [9.17, 15) is 12.8 Å². The summed E-state index contributed by atoms with van der Waals surface area (Å²) in [5.41, 5.74) is 2.70. The van der Waals surface area contributed by atoms with Gasteiger partial charge in [0, 0.05) is 45.1 Å². The van der Waals surface area contributed by atoms with Crippen LogP contribution in [-0.4, -0.2) is 18.4 Å². The fourth-order valence-corrected chi connectivity index (χ4v) is 4.99. The van der Waals surface area contributed by atoms with Gasteiger partial charge in [0.15, 0.2) is 0 Å². The minimum atomic E-state index is -4.05. The number of hydrogen-bond donors (Lipinski definition) is 2. The van der Waals surface area contributed by atoms with Gasteiger partial charge in [-0.1, -0.05) is 36.7 Å². The maximum atomic E-state index is 15.0. The van der Waals surface area contributed by atoms with Crippen molar-refractivity contribution in [2.45, 2.75) is 31.8 Å². The Labute approximate surface area is 200 Å². The first-order valence-electron chi connectivity index (χ1n) is 10.5. The lowest BCUT2D eigenvalue weighted by Crippen LogP contribution is -2.22. The van der Waals surface area contributed by atoms with Crippen LogP contribution in [0.5, 0.6) is 0 Å². The molecule has 0 fully saturated rings. The normalized spacial score (nSPS) is 12.9. The van der Waals surface area contributed by atoms with Crippen LogP contribution in [0.3, 0.4) is 0 Å². The average molecular weight is 506 g/mol. The molecule has 0 aliphatic rings. The number of hydrogen-bond acceptors (Lipinski definition) is 4. The van der Waals surface area contributed by atoms with Crippen molar-refractivity contribution in [1.82, 2.24) is 9.97 Å². The van der Waals surface area contributed by atoms with Gasteiger partial charge in [-0.3, -0.25) is 0 Å². The lowest BCUT2D eigenvalue weighted by atomic mass is 10.0. The first-order chi connectivity index (χ1) is 16.2. The van der Waals surface area contributed by atoms with Crippen LogP contribution in [0.2, 0.25) is 5.02 Å². The predicted molar refractivity (Wildman–Crippen MR) is 128 cm³/mol. The molecule has 0 spiro atoms. The van der Waals surface area contributed by atoms with Crippen LogP contribution >= 0.6 is 11.6 Å². The minimum absolute atomic E-state index is 0.0555. The van der Waals surface area contributed by atoms with Crippen molar-refractivity contribution >= 4 is 32.7 Å². The number of nitrogens with two attached hydrogens (primary N) is 1. The molecule has 0 amide bonds. The third-order valence-corrected chi connectivity index (χ3v) is 7.26. The number of ether oxygens (including phenoxy) is 1. The van der Waals surface area contributed by atoms with Crippen LogP contribution < -0.4 is 5.14 Å². The van der Waals surface area contributed by atoms with Crippen molar-refractivity contribution in [2.24, 2.45) is 5.14 Å². The molecule has 178 valence electrons. The molecule has 6 nitrogen and oxygen atoms in total. The van der Waals surface area contributed by atoms with E-state index in [1.807, 2.05) is 18.2 Å². The van der Waals surface area contributed by atoms with Crippen LogP contribution in [0, 0.1) is 11.6 Å². The number of halogens is 3. The predicted octanol–water partition coefficient (Wildman–Crippen LogP) is 5.62. The highest BCUT2D eigenvalue weighted by Crippen LogP contribution is 2.30. The number of nitrogens with zero attached hydrogens (tertiary/aromatic N) is 1. The van der Waals surface area contributed by atoms with Crippen molar-refractivity contribution < 1.29 is 21.9 Å². The smallest absolute Gasteiger partial charge is 0.216 e. The highest BCUT2D eigenvalue weighted by molar-refractivity contribution is 7.89. The second-order valence-corrected chi connectivity index (χ2v) is 10.0. The lowest BCUT2D eigenvalue weighted by Gasteiger charge is -2.16. The Balaban J connectivity index is 1.56. The average Bonchev–Trinajstić information content (AvgIpc) is 3.20. The molecular weight excluding hydrogens is 484 g/mol. The molecule has 2 aromatic carbocycles. The molecule has 1 atom stereocenters. The van der Waals surface area contributed by atoms with Crippen LogP contribution in [-0.2, 0) is 28.0 Å². The molecule has 10 heteroatoms. The number of nitrogens with one attached hydrogen (secondary N) is 1. The van der Waals surface area contributed by atoms with Gasteiger partial charge in [0.1, 0.15) is 22.5 Å². The molecule has 4 rings (SSSR count). The number of primary sulfonamides is 1. The van der Waals surface area contributed by atoms with Crippen LogP contribution in [0.15, 0.2) is 54.9 Å². The number of H-pyrrole nitrogens is 1. The standard InChI is InChI=1S/C24H22ClF2N3O3S/c1-2-22(34(28,31)32)18-7-8-21(26)20(23(18)27)13-33-12-16-11-30-24-19(16)9-15(10-29-24)14-3-5-17(25)6-4-14/h3-11,22H,2,12-13H2,1H3,(H,29,30)(H2,28,31,32). The maximum Gasteiger partial charge on any atom is 0.216 e. The van der Waals surface area contributed by atoms with Gasteiger partial charge in [-0.25, -0.2) is 27.3 Å². The summed E-state index contributed by atoms with van der Waals surface area (Å²) in [6, 6.07) is 11.4. The third-order valence-electron chi connectivity index (χ3n) is 5.63. The SMILES string of the molecule is CCC(c1ccc(F)c(COCc2c[nH]c3ncc(-c4ccc(Cl)cc4)cc23)c1F)S(N)(=O)=O. The Kier molecular flexibility index (Phi) is 6.99. The Morgan fingerprint density at radius 3 is 2.53 bits per heavy atom. The number of benzene rings is 2. The summed E-state index contributed by atoms with van der Waals surface area (Å²) in [5.74, 6) is -1.79. The lowest BCUT2D eigenvalue weighted by molar-refractivity contribution is 0.103. The first-order valence-corrected chi connectivity index (χ1v) is 12.5. The fourth-order valence-electron chi connectivity index (χ4n) is 3.87. The molecule has 0 aliphatic carbocycles. The second kappa shape index (κ2) is 9.79. The van der Waals surface area contributed by atoms with E-state index < -0.39 is 26.9 Å². The van der Waals surface area contributed by atoms with Gasteiger partial charge in [0.05, 0.1) is 13.2 Å². The zero-order chi connectivity index (χ0) is 24.5. The molecule has 0 saturated carbocycles. The van der Waals surface area contributed by atoms with Crippen LogP contribution in [0.1, 0.15) is 35.3 Å². The highest BCUT2D eigenvalue weighted by Gasteiger charge is 2.27. The minimum Gasteiger partial charge on any atom is -0.372 e. The fraction of sp³-hybridized carbons (Fsp3) is 0.208. The third kappa shape index (κ3) is 4.97. The highest BCUT2D eigenvalue weighted by atomic mass is 35.5. The van der Waals surface area contributed by atoms with Gasteiger partial charge in [-0.05, 0) is 36.2 Å². The van der Waals surface area contributed by atoms with Crippen molar-refractivity contribution in [1.29, 1.82) is 0 Å². The summed E-state index contributed by atoms with van der Waals surface area (Å²) < 4.78 is 58.6. The summed E-state index contributed by atoms with van der Waals surface area (Å²) in [6.45, 7) is 1.24. The summed E-state index contributed by atoms with van der Waals surface area (Å²) in [4.78, 5) is 7.48. The molecule has 0 saturated heterocycles. The molecule has 3 N–H and O–H groups in total. The van der Waals surface area contributed by atoms with Crippen molar-refractivity contribution in [3.63, 3.8) is 0 Å². The number of fused-ring (bicyclic) bond motifs is 1. The topological polar surface area (TPSA) is 98.1 Å². The Bertz CT molecular complexity index is 1440. The molecule has 0 aliphatic heterocycles. The van der Waals surface area contributed by atoms with Crippen molar-refractivity contribution in [3.8, 4) is 11.1 Å². The molecular formula is C24H22ClF2N3O3S. The largest absolute Gasteiger partial charge is 0.372 e. The van der Waals surface area contributed by atoms with Gasteiger partial charge in [0.2, 0.25) is 10.0 Å². The monoisotopic (exact) mass is 505 g/mol. The number of pyridine rings is 1. The molecule has 0 bridgehead atoms. The number of sulfonamides is 1. The quantitative estimate of drug-likeness (QED) is 0.325. The Hall–Kier alpha value is -2.85. The van der Waals surface area contributed by atoms with Gasteiger partial charge < -0.3 is 9.72 Å². The Morgan fingerprint density at radius 1 is 1.12 bits per heavy atom. The Morgan fingerprint density at radius 2 is 1.85 bits per heavy atom. The van der Waals surface area contributed by atoms with Crippen molar-refractivity contribution in [3.05, 3.63) is 88.2 Å². The zero-order valence-corrected chi connectivity index (χ0v) is 19.8. The van der Waals surface area contributed by atoms with E-state index in [1.54, 1.807) is 31.5 Å². The van der Waals surface area contributed by atoms with Gasteiger partial charge in [-0.15, -0.1) is 0 Å². The van der Waals surface area contributed by atoms with E-state index in [2.05, 4.69) is 9.97 Å². The van der Waals surface area contributed by atoms with E-state index in [0.717, 1.165) is 34.2 Å². The zero-order valence-electron chi connectivity index (χ0n) is 18.2. The van der Waals surface area contributed by atoms with Gasteiger partial charge in [-0.2, -0.15) is 0 Å². The molecule has 4 aromatic rings. The van der Waals surface area contributed by atoms with Gasteiger partial charge >= 0.3 is 0 Å². The van der Waals surface area contributed by atoms with Crippen LogP contribution in [0.4, 0.5) is 8.78 Å². The van der Waals surface area contributed by atoms with Gasteiger partial charge in [0.25, 0.3) is 0 Å². The second-order valence-electron chi connectivity index (χ2n) is 7.85. The number of rotatable bonds is 8. The number of aromatic amines is 1. The molecule has 2 aromatic heterocycles. The summed E-state index contributed by atoms with van der Waals surface area (Å²) in [5, 5.41) is 5.40. The van der Waals surface area contributed by atoms with E-state index in [0.29, 0.717) is 10.7 Å². The van der Waals surface area contributed by atoms with Crippen molar-refractivity contribution in [2.75, 3.05) is 0 Å². The summed E-state index contributed by atoms with van der Waals surface area (Å²) >= 11 is 5.96. The van der Waals surface area contributed by atoms with E-state index in [1.165, 1.54) is 0 Å². The maximum absolute atomic E-state index is 15.0. The van der Waals surface area contributed by atoms with E-state index >= 15 is 4.39 Å². The number of aromatic nitrogens is 2. The first kappa shape index (κ1) is 24.3. The molecule has 34 heavy (non-hydrogen) atoms. The summed E-state index contributed by atoms with van der Waals surface area (Å²) in [7, 11) is -4.05. The molecule has 0 radical (unpaired) electrons.